The number of halogens is 2. The van der Waals surface area contributed by atoms with Gasteiger partial charge in [-0.25, -0.2) is 4.98 Å². The van der Waals surface area contributed by atoms with E-state index >= 15 is 0 Å². The summed E-state index contributed by atoms with van der Waals surface area (Å²) in [6.45, 7) is 1.57. The summed E-state index contributed by atoms with van der Waals surface area (Å²) in [5.74, 6) is 0.738. The van der Waals surface area contributed by atoms with Gasteiger partial charge in [0.15, 0.2) is 5.78 Å². The lowest BCUT2D eigenvalue weighted by Crippen LogP contribution is -2.38. The number of ether oxygens (including phenoxy) is 4. The molecule has 8 nitrogen and oxygen atoms in total. The zero-order valence-corrected chi connectivity index (χ0v) is 20.1. The molecule has 0 atom stereocenters. The molecule has 0 unspecified atom stereocenters. The van der Waals surface area contributed by atoms with E-state index in [2.05, 4.69) is 9.88 Å². The van der Waals surface area contributed by atoms with E-state index < -0.39 is 6.61 Å². The van der Waals surface area contributed by atoms with Crippen LogP contribution in [-0.2, 0) is 4.74 Å². The molecule has 0 bridgehead atoms. The van der Waals surface area contributed by atoms with Crippen LogP contribution in [0.4, 0.5) is 8.78 Å². The molecule has 192 valence electrons. The summed E-state index contributed by atoms with van der Waals surface area (Å²) in [5, 5.41) is 0. The van der Waals surface area contributed by atoms with Gasteiger partial charge in [0.1, 0.15) is 35.1 Å². The molecule has 36 heavy (non-hydrogen) atoms. The van der Waals surface area contributed by atoms with Crippen molar-refractivity contribution in [2.45, 2.75) is 25.9 Å². The van der Waals surface area contributed by atoms with E-state index in [0.717, 1.165) is 45.7 Å². The van der Waals surface area contributed by atoms with E-state index in [1.54, 1.807) is 12.3 Å². The highest BCUT2D eigenvalue weighted by atomic mass is 19.3. The minimum Gasteiger partial charge on any atom is -0.496 e. The van der Waals surface area contributed by atoms with Crippen molar-refractivity contribution in [2.75, 3.05) is 46.6 Å². The second kappa shape index (κ2) is 10.8. The van der Waals surface area contributed by atoms with Crippen molar-refractivity contribution in [3.63, 3.8) is 0 Å². The average molecular weight is 502 g/mol. The Balaban J connectivity index is 1.39. The van der Waals surface area contributed by atoms with Crippen molar-refractivity contribution in [3.8, 4) is 28.5 Å². The molecule has 0 amide bonds. The Bertz CT molecular complexity index is 1220. The number of carbonyl (C=O) groups excluding carboxylic acids is 1. The Kier molecular flexibility index (Phi) is 7.33. The number of morpholine rings is 1. The summed E-state index contributed by atoms with van der Waals surface area (Å²) in [6.07, 6.45) is 5.68. The molecule has 1 aliphatic heterocycles. The Morgan fingerprint density at radius 2 is 1.97 bits per heavy atom. The van der Waals surface area contributed by atoms with Crippen LogP contribution < -0.4 is 14.2 Å². The van der Waals surface area contributed by atoms with Crippen molar-refractivity contribution in [3.05, 3.63) is 42.2 Å². The minimum atomic E-state index is -3.07. The summed E-state index contributed by atoms with van der Waals surface area (Å²) in [6, 6.07) is 6.77. The molecule has 1 saturated carbocycles. The second-order valence-corrected chi connectivity index (χ2v) is 9.04. The summed E-state index contributed by atoms with van der Waals surface area (Å²) >= 11 is 0. The molecule has 3 aromatic rings. The normalized spacial score (nSPS) is 16.4. The van der Waals surface area contributed by atoms with Crippen molar-refractivity contribution in [2.24, 2.45) is 5.92 Å². The number of Topliss-reactive ketones (excluding diaryl/α,β-unsaturated/α-hetero) is 1. The van der Waals surface area contributed by atoms with Gasteiger partial charge in [0.25, 0.3) is 0 Å². The highest BCUT2D eigenvalue weighted by Crippen LogP contribution is 2.40. The van der Waals surface area contributed by atoms with Crippen LogP contribution in [0.2, 0.25) is 0 Å². The van der Waals surface area contributed by atoms with Gasteiger partial charge in [-0.3, -0.25) is 14.1 Å². The molecular weight excluding hydrogens is 472 g/mol. The molecule has 2 fully saturated rings. The van der Waals surface area contributed by atoms with E-state index in [1.807, 2.05) is 22.7 Å². The Morgan fingerprint density at radius 1 is 1.19 bits per heavy atom. The molecule has 3 heterocycles. The van der Waals surface area contributed by atoms with Crippen LogP contribution in [0.25, 0.3) is 16.9 Å². The van der Waals surface area contributed by atoms with Gasteiger partial charge in [-0.15, -0.1) is 0 Å². The number of methoxy groups -OCH3 is 1. The fourth-order valence-corrected chi connectivity index (χ4v) is 4.43. The number of rotatable bonds is 11. The van der Waals surface area contributed by atoms with Gasteiger partial charge in [0.2, 0.25) is 0 Å². The van der Waals surface area contributed by atoms with Gasteiger partial charge in [0, 0.05) is 43.9 Å². The number of hydrogen-bond acceptors (Lipinski definition) is 7. The fourth-order valence-electron chi connectivity index (χ4n) is 4.43. The number of benzene rings is 1. The van der Waals surface area contributed by atoms with Crippen molar-refractivity contribution >= 4 is 11.4 Å². The third kappa shape index (κ3) is 5.60. The summed E-state index contributed by atoms with van der Waals surface area (Å²) in [7, 11) is 1.41. The zero-order chi connectivity index (χ0) is 25.1. The first-order valence-electron chi connectivity index (χ1n) is 12.1. The highest BCUT2D eigenvalue weighted by molar-refractivity contribution is 6.02. The monoisotopic (exact) mass is 501 g/mol. The van der Waals surface area contributed by atoms with Gasteiger partial charge < -0.3 is 18.9 Å². The number of ketones is 1. The number of hydrogen-bond donors (Lipinski definition) is 0. The molecule has 2 aromatic heterocycles. The third-order valence-electron chi connectivity index (χ3n) is 6.51. The zero-order valence-electron chi connectivity index (χ0n) is 20.1. The van der Waals surface area contributed by atoms with E-state index in [9.17, 15) is 13.6 Å². The van der Waals surface area contributed by atoms with Gasteiger partial charge in [-0.2, -0.15) is 8.78 Å². The number of imidazole rings is 1. The standard InChI is InChI=1S/C26H29F2N3O5/c1-33-22-13-18(14-23(36-26(27)28)25(22)21(32)12-17-2-3-17)20-16-29-24-15-19(4-5-31(20)24)35-11-8-30-6-9-34-10-7-30/h4-5,13-17,26H,2-3,6-12H2,1H3. The predicted octanol–water partition coefficient (Wildman–Crippen LogP) is 4.31. The lowest BCUT2D eigenvalue weighted by molar-refractivity contribution is -0.0502. The number of pyridine rings is 1. The van der Waals surface area contributed by atoms with Gasteiger partial charge in [0.05, 0.1) is 32.2 Å². The number of fused-ring (bicyclic) bond motifs is 1. The van der Waals surface area contributed by atoms with Gasteiger partial charge in [-0.05, 0) is 37.0 Å². The molecule has 1 aromatic carbocycles. The maximum atomic E-state index is 13.3. The first-order chi connectivity index (χ1) is 17.5. The van der Waals surface area contributed by atoms with E-state index in [1.165, 1.54) is 13.2 Å². The smallest absolute Gasteiger partial charge is 0.387 e. The maximum Gasteiger partial charge on any atom is 0.387 e. The average Bonchev–Trinajstić information content (AvgIpc) is 3.58. The molecule has 0 N–H and O–H groups in total. The van der Waals surface area contributed by atoms with Crippen LogP contribution in [0.15, 0.2) is 36.7 Å². The second-order valence-electron chi connectivity index (χ2n) is 9.04. The topological polar surface area (TPSA) is 74.5 Å². The highest BCUT2D eigenvalue weighted by Gasteiger charge is 2.29. The van der Waals surface area contributed by atoms with Gasteiger partial charge in [-0.1, -0.05) is 0 Å². The number of alkyl halides is 2. The largest absolute Gasteiger partial charge is 0.496 e. The SMILES string of the molecule is COc1cc(-c2cnc3cc(OCCN4CCOCC4)ccn23)cc(OC(F)F)c1C(=O)CC1CC1. The van der Waals surface area contributed by atoms with Crippen LogP contribution in [0.5, 0.6) is 17.2 Å². The lowest BCUT2D eigenvalue weighted by atomic mass is 10.00. The Hall–Kier alpha value is -3.24. The molecule has 0 spiro atoms. The van der Waals surface area contributed by atoms with Crippen LogP contribution in [0, 0.1) is 5.92 Å². The Morgan fingerprint density at radius 3 is 2.69 bits per heavy atom. The van der Waals surface area contributed by atoms with Crippen LogP contribution >= 0.6 is 0 Å². The van der Waals surface area contributed by atoms with E-state index in [-0.39, 0.29) is 22.8 Å². The predicted molar refractivity (Wildman–Crippen MR) is 128 cm³/mol. The minimum absolute atomic E-state index is 0.0539. The van der Waals surface area contributed by atoms with Crippen LogP contribution in [0.3, 0.4) is 0 Å². The maximum absolute atomic E-state index is 13.3. The van der Waals surface area contributed by atoms with Crippen LogP contribution in [0.1, 0.15) is 29.6 Å². The number of aromatic nitrogens is 2. The van der Waals surface area contributed by atoms with Crippen molar-refractivity contribution in [1.29, 1.82) is 0 Å². The Labute approximate surface area is 207 Å². The first kappa shape index (κ1) is 24.5. The molecule has 0 radical (unpaired) electrons. The van der Waals surface area contributed by atoms with E-state index in [4.69, 9.17) is 18.9 Å². The van der Waals surface area contributed by atoms with Crippen molar-refractivity contribution < 1.29 is 32.5 Å². The van der Waals surface area contributed by atoms with Gasteiger partial charge >= 0.3 is 6.61 Å². The molecule has 5 rings (SSSR count). The number of carbonyl (C=O) groups is 1. The molecular formula is C26H29F2N3O5. The fraction of sp³-hybridized carbons (Fsp3) is 0.462. The first-order valence-corrected chi connectivity index (χ1v) is 12.1. The van der Waals surface area contributed by atoms with E-state index in [0.29, 0.717) is 41.6 Å². The molecule has 1 aliphatic carbocycles. The van der Waals surface area contributed by atoms with Crippen molar-refractivity contribution in [1.82, 2.24) is 14.3 Å². The number of nitrogens with zero attached hydrogens (tertiary/aromatic N) is 3. The lowest BCUT2D eigenvalue weighted by Gasteiger charge is -2.26. The summed E-state index contributed by atoms with van der Waals surface area (Å²) in [4.78, 5) is 19.6. The van der Waals surface area contributed by atoms with Crippen LogP contribution in [-0.4, -0.2) is 73.2 Å². The third-order valence-corrected chi connectivity index (χ3v) is 6.51. The molecule has 1 saturated heterocycles. The molecule has 10 heteroatoms. The molecule has 2 aliphatic rings. The summed E-state index contributed by atoms with van der Waals surface area (Å²) < 4.78 is 49.8. The summed E-state index contributed by atoms with van der Waals surface area (Å²) in [5.41, 5.74) is 1.87. The quantitative estimate of drug-likeness (QED) is 0.363.